The van der Waals surface area contributed by atoms with Gasteiger partial charge in [-0.3, -0.25) is 4.79 Å². The Hall–Kier alpha value is -1.13. The van der Waals surface area contributed by atoms with Gasteiger partial charge >= 0.3 is 0 Å². The van der Waals surface area contributed by atoms with Crippen LogP contribution in [0.1, 0.15) is 19.8 Å². The first kappa shape index (κ1) is 12.9. The fourth-order valence-electron chi connectivity index (χ4n) is 1.28. The number of rotatable bonds is 5. The fraction of sp³-hybridized carbons (Fsp3) is 0.455. The number of carbonyl (C=O) groups is 1. The van der Waals surface area contributed by atoms with Gasteiger partial charge in [0.2, 0.25) is 5.91 Å². The van der Waals surface area contributed by atoms with E-state index < -0.39 is 0 Å². The van der Waals surface area contributed by atoms with E-state index in [9.17, 15) is 4.79 Å². The van der Waals surface area contributed by atoms with Gasteiger partial charge in [-0.2, -0.15) is 0 Å². The third-order valence-corrected chi connectivity index (χ3v) is 2.47. The monoisotopic (exact) mass is 241 g/mol. The SMILES string of the molecule is CC(CCCN)C(=O)Nc1cccc(Cl)n1. The maximum absolute atomic E-state index is 11.7. The second kappa shape index (κ2) is 6.45. The van der Waals surface area contributed by atoms with Crippen LogP contribution in [-0.4, -0.2) is 17.4 Å². The number of nitrogens with two attached hydrogens (primary N) is 1. The second-order valence-electron chi connectivity index (χ2n) is 3.67. The van der Waals surface area contributed by atoms with Crippen LogP contribution in [0.15, 0.2) is 18.2 Å². The Labute approximate surface area is 100 Å². The predicted octanol–water partition coefficient (Wildman–Crippen LogP) is 2.05. The number of hydrogen-bond acceptors (Lipinski definition) is 3. The van der Waals surface area contributed by atoms with Gasteiger partial charge in [0.05, 0.1) is 0 Å². The summed E-state index contributed by atoms with van der Waals surface area (Å²) in [5, 5.41) is 3.08. The van der Waals surface area contributed by atoms with Crippen LogP contribution in [0.5, 0.6) is 0 Å². The highest BCUT2D eigenvalue weighted by Gasteiger charge is 2.12. The Morgan fingerprint density at radius 1 is 1.62 bits per heavy atom. The highest BCUT2D eigenvalue weighted by atomic mass is 35.5. The number of nitrogens with one attached hydrogen (secondary N) is 1. The van der Waals surface area contributed by atoms with Crippen LogP contribution < -0.4 is 11.1 Å². The number of amides is 1. The van der Waals surface area contributed by atoms with Crippen molar-refractivity contribution in [3.8, 4) is 0 Å². The standard InChI is InChI=1S/C11H16ClN3O/c1-8(4-3-7-13)11(16)15-10-6-2-5-9(12)14-10/h2,5-6,8H,3-4,7,13H2,1H3,(H,14,15,16). The molecule has 0 aliphatic rings. The van der Waals surface area contributed by atoms with Crippen molar-refractivity contribution >= 4 is 23.3 Å². The van der Waals surface area contributed by atoms with E-state index in [4.69, 9.17) is 17.3 Å². The van der Waals surface area contributed by atoms with Gasteiger partial charge in [-0.1, -0.05) is 24.6 Å². The molecule has 88 valence electrons. The average Bonchev–Trinajstić information content (AvgIpc) is 2.25. The van der Waals surface area contributed by atoms with Crippen molar-refractivity contribution in [1.29, 1.82) is 0 Å². The fourth-order valence-corrected chi connectivity index (χ4v) is 1.45. The normalized spacial score (nSPS) is 12.2. The second-order valence-corrected chi connectivity index (χ2v) is 4.05. The Kier molecular flexibility index (Phi) is 5.22. The summed E-state index contributed by atoms with van der Waals surface area (Å²) in [5.74, 6) is 0.365. The minimum absolute atomic E-state index is 0.0526. The van der Waals surface area contributed by atoms with Crippen LogP contribution in [0, 0.1) is 5.92 Å². The molecular weight excluding hydrogens is 226 g/mol. The smallest absolute Gasteiger partial charge is 0.228 e. The zero-order valence-corrected chi connectivity index (χ0v) is 10.00. The first-order valence-corrected chi connectivity index (χ1v) is 5.64. The molecule has 0 radical (unpaired) electrons. The molecule has 1 aromatic rings. The number of halogens is 1. The minimum atomic E-state index is -0.0654. The van der Waals surface area contributed by atoms with E-state index in [-0.39, 0.29) is 11.8 Å². The van der Waals surface area contributed by atoms with Crippen molar-refractivity contribution in [1.82, 2.24) is 4.98 Å². The zero-order valence-electron chi connectivity index (χ0n) is 9.24. The van der Waals surface area contributed by atoms with E-state index in [1.807, 2.05) is 6.92 Å². The van der Waals surface area contributed by atoms with Gasteiger partial charge in [0.25, 0.3) is 0 Å². The lowest BCUT2D eigenvalue weighted by Gasteiger charge is -2.10. The molecule has 0 spiro atoms. The minimum Gasteiger partial charge on any atom is -0.330 e. The molecule has 0 fully saturated rings. The quantitative estimate of drug-likeness (QED) is 0.776. The van der Waals surface area contributed by atoms with Crippen molar-refractivity contribution in [2.75, 3.05) is 11.9 Å². The number of hydrogen-bond donors (Lipinski definition) is 2. The molecule has 0 aromatic carbocycles. The van der Waals surface area contributed by atoms with Crippen LogP contribution in [0.3, 0.4) is 0 Å². The van der Waals surface area contributed by atoms with Crippen LogP contribution in [-0.2, 0) is 4.79 Å². The summed E-state index contributed by atoms with van der Waals surface area (Å²) in [4.78, 5) is 15.7. The van der Waals surface area contributed by atoms with Gasteiger partial charge in [-0.25, -0.2) is 4.98 Å². The maximum Gasteiger partial charge on any atom is 0.228 e. The highest BCUT2D eigenvalue weighted by Crippen LogP contribution is 2.12. The summed E-state index contributed by atoms with van der Waals surface area (Å²) in [5.41, 5.74) is 5.39. The van der Waals surface area contributed by atoms with Crippen LogP contribution in [0.4, 0.5) is 5.82 Å². The molecule has 5 heteroatoms. The summed E-state index contributed by atoms with van der Waals surface area (Å²) < 4.78 is 0. The van der Waals surface area contributed by atoms with Gasteiger partial charge < -0.3 is 11.1 Å². The predicted molar refractivity (Wildman–Crippen MR) is 65.3 cm³/mol. The number of nitrogens with zero attached hydrogens (tertiary/aromatic N) is 1. The van der Waals surface area contributed by atoms with Crippen LogP contribution in [0.25, 0.3) is 0 Å². The molecule has 1 amide bonds. The Morgan fingerprint density at radius 2 is 2.38 bits per heavy atom. The molecule has 1 unspecified atom stereocenters. The zero-order chi connectivity index (χ0) is 12.0. The molecule has 0 saturated heterocycles. The van der Waals surface area contributed by atoms with E-state index in [1.54, 1.807) is 18.2 Å². The molecule has 1 atom stereocenters. The van der Waals surface area contributed by atoms with Gasteiger partial charge in [-0.05, 0) is 31.5 Å². The molecule has 1 aromatic heterocycles. The van der Waals surface area contributed by atoms with Crippen molar-refractivity contribution < 1.29 is 4.79 Å². The van der Waals surface area contributed by atoms with E-state index >= 15 is 0 Å². The Balaban J connectivity index is 2.50. The van der Waals surface area contributed by atoms with Crippen molar-refractivity contribution in [2.24, 2.45) is 11.7 Å². The Bertz CT molecular complexity index is 357. The first-order valence-electron chi connectivity index (χ1n) is 5.27. The third kappa shape index (κ3) is 4.16. The lowest BCUT2D eigenvalue weighted by molar-refractivity contribution is -0.119. The molecular formula is C11H16ClN3O. The summed E-state index contributed by atoms with van der Waals surface area (Å²) >= 11 is 5.71. The van der Waals surface area contributed by atoms with Gasteiger partial charge in [0.15, 0.2) is 0 Å². The molecule has 1 rings (SSSR count). The first-order chi connectivity index (χ1) is 7.63. The summed E-state index contributed by atoms with van der Waals surface area (Å²) in [6.07, 6.45) is 1.63. The van der Waals surface area contributed by atoms with E-state index in [1.165, 1.54) is 0 Å². The third-order valence-electron chi connectivity index (χ3n) is 2.26. The van der Waals surface area contributed by atoms with Crippen molar-refractivity contribution in [3.05, 3.63) is 23.4 Å². The molecule has 0 bridgehead atoms. The molecule has 4 nitrogen and oxygen atoms in total. The molecule has 0 aliphatic heterocycles. The van der Waals surface area contributed by atoms with Gasteiger partial charge in [0, 0.05) is 5.92 Å². The number of aromatic nitrogens is 1. The molecule has 3 N–H and O–H groups in total. The topological polar surface area (TPSA) is 68.0 Å². The summed E-state index contributed by atoms with van der Waals surface area (Å²) in [7, 11) is 0. The number of pyridine rings is 1. The molecule has 0 aliphatic carbocycles. The largest absolute Gasteiger partial charge is 0.330 e. The van der Waals surface area contributed by atoms with Crippen LogP contribution >= 0.6 is 11.6 Å². The molecule has 1 heterocycles. The van der Waals surface area contributed by atoms with E-state index in [0.29, 0.717) is 17.5 Å². The van der Waals surface area contributed by atoms with E-state index in [0.717, 1.165) is 12.8 Å². The highest BCUT2D eigenvalue weighted by molar-refractivity contribution is 6.29. The molecule has 0 saturated carbocycles. The molecule has 16 heavy (non-hydrogen) atoms. The number of anilines is 1. The van der Waals surface area contributed by atoms with Crippen molar-refractivity contribution in [3.63, 3.8) is 0 Å². The number of carbonyl (C=O) groups excluding carboxylic acids is 1. The maximum atomic E-state index is 11.7. The summed E-state index contributed by atoms with van der Waals surface area (Å²) in [6.45, 7) is 2.47. The van der Waals surface area contributed by atoms with E-state index in [2.05, 4.69) is 10.3 Å². The van der Waals surface area contributed by atoms with Crippen LogP contribution in [0.2, 0.25) is 5.15 Å². The average molecular weight is 242 g/mol. The lowest BCUT2D eigenvalue weighted by Crippen LogP contribution is -2.21. The van der Waals surface area contributed by atoms with Gasteiger partial charge in [0.1, 0.15) is 11.0 Å². The van der Waals surface area contributed by atoms with Crippen molar-refractivity contribution in [2.45, 2.75) is 19.8 Å². The summed E-state index contributed by atoms with van der Waals surface area (Å²) in [6, 6.07) is 5.12. The van der Waals surface area contributed by atoms with Gasteiger partial charge in [-0.15, -0.1) is 0 Å². The Morgan fingerprint density at radius 3 is 3.00 bits per heavy atom. The lowest BCUT2D eigenvalue weighted by atomic mass is 10.1.